The van der Waals surface area contributed by atoms with Crippen molar-refractivity contribution in [2.45, 2.75) is 19.5 Å². The maximum absolute atomic E-state index is 13.3. The molecule has 21 heavy (non-hydrogen) atoms. The number of hydrogen-bond donors (Lipinski definition) is 1. The average molecular weight is 291 g/mol. The zero-order valence-corrected chi connectivity index (χ0v) is 12.0. The summed E-state index contributed by atoms with van der Waals surface area (Å²) in [7, 11) is 0. The lowest BCUT2D eigenvalue weighted by Gasteiger charge is -2.24. The van der Waals surface area contributed by atoms with Crippen LogP contribution in [0.5, 0.6) is 0 Å². The molecule has 2 aromatic rings. The molecule has 112 valence electrons. The van der Waals surface area contributed by atoms with E-state index in [1.807, 2.05) is 25.1 Å². The van der Waals surface area contributed by atoms with Crippen LogP contribution in [0.15, 0.2) is 42.6 Å². The number of nitrogens with two attached hydrogens (primary N) is 1. The van der Waals surface area contributed by atoms with E-state index in [9.17, 15) is 8.78 Å². The molecule has 1 atom stereocenters. The number of halogens is 2. The molecule has 0 saturated heterocycles. The summed E-state index contributed by atoms with van der Waals surface area (Å²) in [6, 6.07) is 9.18. The van der Waals surface area contributed by atoms with Gasteiger partial charge in [0.05, 0.1) is 5.69 Å². The first-order chi connectivity index (χ1) is 10.1. The van der Waals surface area contributed by atoms with Gasteiger partial charge in [0.2, 0.25) is 0 Å². The Morgan fingerprint density at radius 2 is 2.00 bits per heavy atom. The first kappa shape index (κ1) is 15.5. The highest BCUT2D eigenvalue weighted by atomic mass is 19.2. The van der Waals surface area contributed by atoms with E-state index in [1.54, 1.807) is 6.20 Å². The number of hydrogen-bond acceptors (Lipinski definition) is 3. The van der Waals surface area contributed by atoms with Crippen LogP contribution in [-0.2, 0) is 6.54 Å². The van der Waals surface area contributed by atoms with E-state index in [0.29, 0.717) is 18.7 Å². The van der Waals surface area contributed by atoms with E-state index in [0.717, 1.165) is 24.4 Å². The van der Waals surface area contributed by atoms with Crippen LogP contribution in [0.3, 0.4) is 0 Å². The van der Waals surface area contributed by atoms with E-state index in [4.69, 9.17) is 5.73 Å². The van der Waals surface area contributed by atoms with Crippen molar-refractivity contribution in [2.24, 2.45) is 5.73 Å². The van der Waals surface area contributed by atoms with Crippen LogP contribution in [0, 0.1) is 11.6 Å². The minimum absolute atomic E-state index is 0.372. The highest BCUT2D eigenvalue weighted by molar-refractivity contribution is 5.21. The molecule has 1 aromatic heterocycles. The molecule has 0 amide bonds. The standard InChI is InChI=1S/C16H19F2N3/c1-2-21(10-13-5-3-4-8-20-13)11-16(19)12-6-7-14(17)15(18)9-12/h3-9,16H,2,10-11,19H2,1H3. The molecule has 0 aliphatic carbocycles. The molecule has 1 heterocycles. The predicted octanol–water partition coefficient (Wildman–Crippen LogP) is 2.88. The fourth-order valence-corrected chi connectivity index (χ4v) is 2.15. The molecule has 2 rings (SSSR count). The third kappa shape index (κ3) is 4.31. The molecule has 1 aromatic carbocycles. The van der Waals surface area contributed by atoms with Gasteiger partial charge in [0.25, 0.3) is 0 Å². The second kappa shape index (κ2) is 7.24. The monoisotopic (exact) mass is 291 g/mol. The largest absolute Gasteiger partial charge is 0.323 e. The summed E-state index contributed by atoms with van der Waals surface area (Å²) >= 11 is 0. The fourth-order valence-electron chi connectivity index (χ4n) is 2.15. The number of benzene rings is 1. The van der Waals surface area contributed by atoms with Crippen LogP contribution in [0.4, 0.5) is 8.78 Å². The van der Waals surface area contributed by atoms with Crippen molar-refractivity contribution in [1.29, 1.82) is 0 Å². The summed E-state index contributed by atoms with van der Waals surface area (Å²) in [5, 5.41) is 0. The van der Waals surface area contributed by atoms with Crippen LogP contribution in [0.25, 0.3) is 0 Å². The van der Waals surface area contributed by atoms with Crippen LogP contribution in [-0.4, -0.2) is 23.0 Å². The Kier molecular flexibility index (Phi) is 5.36. The lowest BCUT2D eigenvalue weighted by molar-refractivity contribution is 0.259. The summed E-state index contributed by atoms with van der Waals surface area (Å²) < 4.78 is 26.2. The van der Waals surface area contributed by atoms with Crippen molar-refractivity contribution in [2.75, 3.05) is 13.1 Å². The Bertz CT molecular complexity index is 575. The lowest BCUT2D eigenvalue weighted by Crippen LogP contribution is -2.32. The molecule has 3 nitrogen and oxygen atoms in total. The Morgan fingerprint density at radius 1 is 1.19 bits per heavy atom. The Hall–Kier alpha value is -1.85. The average Bonchev–Trinajstić information content (AvgIpc) is 2.50. The summed E-state index contributed by atoms with van der Waals surface area (Å²) in [5.41, 5.74) is 7.64. The Morgan fingerprint density at radius 3 is 2.62 bits per heavy atom. The maximum Gasteiger partial charge on any atom is 0.159 e. The second-order valence-corrected chi connectivity index (χ2v) is 4.93. The molecule has 0 radical (unpaired) electrons. The van der Waals surface area contributed by atoms with Crippen molar-refractivity contribution < 1.29 is 8.78 Å². The molecule has 1 unspecified atom stereocenters. The van der Waals surface area contributed by atoms with Crippen LogP contribution in [0.2, 0.25) is 0 Å². The van der Waals surface area contributed by atoms with Gasteiger partial charge in [-0.25, -0.2) is 8.78 Å². The lowest BCUT2D eigenvalue weighted by atomic mass is 10.1. The van der Waals surface area contributed by atoms with Crippen LogP contribution in [0.1, 0.15) is 24.2 Å². The fraction of sp³-hybridized carbons (Fsp3) is 0.312. The van der Waals surface area contributed by atoms with Gasteiger partial charge in [0, 0.05) is 25.3 Å². The molecule has 0 bridgehead atoms. The number of aromatic nitrogens is 1. The van der Waals surface area contributed by atoms with Crippen molar-refractivity contribution in [3.63, 3.8) is 0 Å². The van der Waals surface area contributed by atoms with Gasteiger partial charge in [-0.3, -0.25) is 9.88 Å². The van der Waals surface area contributed by atoms with E-state index in [-0.39, 0.29) is 6.04 Å². The van der Waals surface area contributed by atoms with E-state index in [2.05, 4.69) is 9.88 Å². The summed E-state index contributed by atoms with van der Waals surface area (Å²) in [5.74, 6) is -1.72. The molecule has 0 saturated carbocycles. The van der Waals surface area contributed by atoms with Gasteiger partial charge in [-0.2, -0.15) is 0 Å². The number of nitrogens with zero attached hydrogens (tertiary/aromatic N) is 2. The molecular formula is C16H19F2N3. The minimum Gasteiger partial charge on any atom is -0.323 e. The van der Waals surface area contributed by atoms with Crippen molar-refractivity contribution >= 4 is 0 Å². The van der Waals surface area contributed by atoms with Gasteiger partial charge in [-0.05, 0) is 36.4 Å². The second-order valence-electron chi connectivity index (χ2n) is 4.93. The zero-order valence-electron chi connectivity index (χ0n) is 12.0. The Balaban J connectivity index is 2.02. The molecule has 0 fully saturated rings. The molecule has 0 aliphatic rings. The molecular weight excluding hydrogens is 272 g/mol. The molecule has 0 aliphatic heterocycles. The normalized spacial score (nSPS) is 12.6. The Labute approximate surface area is 123 Å². The van der Waals surface area contributed by atoms with Crippen molar-refractivity contribution in [3.05, 3.63) is 65.5 Å². The van der Waals surface area contributed by atoms with E-state index >= 15 is 0 Å². The van der Waals surface area contributed by atoms with E-state index < -0.39 is 11.6 Å². The minimum atomic E-state index is -0.865. The number of pyridine rings is 1. The molecule has 5 heteroatoms. The third-order valence-electron chi connectivity index (χ3n) is 3.39. The first-order valence-electron chi connectivity index (χ1n) is 6.93. The summed E-state index contributed by atoms with van der Waals surface area (Å²) in [4.78, 5) is 6.40. The quantitative estimate of drug-likeness (QED) is 0.890. The van der Waals surface area contributed by atoms with Crippen LogP contribution < -0.4 is 5.73 Å². The predicted molar refractivity (Wildman–Crippen MR) is 78.5 cm³/mol. The highest BCUT2D eigenvalue weighted by Gasteiger charge is 2.14. The summed E-state index contributed by atoms with van der Waals surface area (Å²) in [6.45, 7) is 4.06. The van der Waals surface area contributed by atoms with Crippen molar-refractivity contribution in [1.82, 2.24) is 9.88 Å². The summed E-state index contributed by atoms with van der Waals surface area (Å²) in [6.07, 6.45) is 1.75. The SMILES string of the molecule is CCN(Cc1ccccn1)CC(N)c1ccc(F)c(F)c1. The topological polar surface area (TPSA) is 42.2 Å². The smallest absolute Gasteiger partial charge is 0.159 e. The molecule has 2 N–H and O–H groups in total. The zero-order chi connectivity index (χ0) is 15.2. The number of likely N-dealkylation sites (N-methyl/N-ethyl adjacent to an activating group) is 1. The highest BCUT2D eigenvalue weighted by Crippen LogP contribution is 2.16. The first-order valence-corrected chi connectivity index (χ1v) is 6.93. The van der Waals surface area contributed by atoms with Crippen molar-refractivity contribution in [3.8, 4) is 0 Å². The maximum atomic E-state index is 13.3. The number of rotatable bonds is 6. The molecule has 0 spiro atoms. The van der Waals surface area contributed by atoms with Gasteiger partial charge in [0.15, 0.2) is 11.6 Å². The van der Waals surface area contributed by atoms with Gasteiger partial charge in [-0.1, -0.05) is 19.1 Å². The van der Waals surface area contributed by atoms with Gasteiger partial charge in [0.1, 0.15) is 0 Å². The van der Waals surface area contributed by atoms with Gasteiger partial charge < -0.3 is 5.73 Å². The van der Waals surface area contributed by atoms with Gasteiger partial charge in [-0.15, -0.1) is 0 Å². The third-order valence-corrected chi connectivity index (χ3v) is 3.39. The van der Waals surface area contributed by atoms with E-state index in [1.165, 1.54) is 6.07 Å². The van der Waals surface area contributed by atoms with Crippen LogP contribution >= 0.6 is 0 Å². The van der Waals surface area contributed by atoms with Gasteiger partial charge >= 0.3 is 0 Å².